The SMILES string of the molecule is CCOc1ccc(NS(=O)(=O)c2cc(C(=O)N3CCCC(N(C)C)C3)ccc2Cl)cc1. The van der Waals surface area contributed by atoms with Crippen LogP contribution in [0.4, 0.5) is 5.69 Å². The van der Waals surface area contributed by atoms with E-state index in [-0.39, 0.29) is 21.9 Å². The van der Waals surface area contributed by atoms with Crippen molar-refractivity contribution >= 4 is 33.2 Å². The van der Waals surface area contributed by atoms with Gasteiger partial charge in [-0.1, -0.05) is 11.6 Å². The van der Waals surface area contributed by atoms with Crippen LogP contribution in [-0.4, -0.2) is 64.0 Å². The molecule has 1 N–H and O–H groups in total. The van der Waals surface area contributed by atoms with Crippen LogP contribution in [0.1, 0.15) is 30.1 Å². The van der Waals surface area contributed by atoms with Gasteiger partial charge in [0.15, 0.2) is 0 Å². The molecule has 9 heteroatoms. The number of nitrogens with zero attached hydrogens (tertiary/aromatic N) is 2. The third-order valence-corrected chi connectivity index (χ3v) is 7.16. The fourth-order valence-corrected chi connectivity index (χ4v) is 5.17. The molecule has 31 heavy (non-hydrogen) atoms. The highest BCUT2D eigenvalue weighted by Gasteiger charge is 2.27. The van der Waals surface area contributed by atoms with Crippen molar-refractivity contribution in [2.75, 3.05) is 38.5 Å². The zero-order valence-electron chi connectivity index (χ0n) is 18.0. The molecule has 2 aromatic rings. The lowest BCUT2D eigenvalue weighted by molar-refractivity contribution is 0.0635. The summed E-state index contributed by atoms with van der Waals surface area (Å²) in [6, 6.07) is 11.2. The minimum Gasteiger partial charge on any atom is -0.494 e. The van der Waals surface area contributed by atoms with Crippen LogP contribution >= 0.6 is 11.6 Å². The third kappa shape index (κ3) is 5.70. The van der Waals surface area contributed by atoms with Gasteiger partial charge in [-0.05, 0) is 76.3 Å². The molecule has 0 radical (unpaired) electrons. The van der Waals surface area contributed by atoms with Crippen molar-refractivity contribution in [1.82, 2.24) is 9.80 Å². The van der Waals surface area contributed by atoms with Gasteiger partial charge < -0.3 is 14.5 Å². The Kier molecular flexibility index (Phi) is 7.46. The van der Waals surface area contributed by atoms with Crippen molar-refractivity contribution in [2.45, 2.75) is 30.7 Å². The molecule has 168 valence electrons. The minimum atomic E-state index is -3.98. The molecule has 1 amide bonds. The van der Waals surface area contributed by atoms with Crippen molar-refractivity contribution < 1.29 is 17.9 Å². The number of carbonyl (C=O) groups is 1. The predicted octanol–water partition coefficient (Wildman–Crippen LogP) is 3.71. The highest BCUT2D eigenvalue weighted by Crippen LogP contribution is 2.27. The number of sulfonamides is 1. The number of hydrogen-bond donors (Lipinski definition) is 1. The van der Waals surface area contributed by atoms with E-state index in [1.54, 1.807) is 35.2 Å². The van der Waals surface area contributed by atoms with E-state index in [4.69, 9.17) is 16.3 Å². The van der Waals surface area contributed by atoms with Crippen molar-refractivity contribution in [2.24, 2.45) is 0 Å². The van der Waals surface area contributed by atoms with E-state index in [0.717, 1.165) is 12.8 Å². The van der Waals surface area contributed by atoms with E-state index >= 15 is 0 Å². The molecule has 0 spiro atoms. The van der Waals surface area contributed by atoms with Crippen molar-refractivity contribution in [3.8, 4) is 5.75 Å². The van der Waals surface area contributed by atoms with Gasteiger partial charge in [0.1, 0.15) is 10.6 Å². The number of rotatable bonds is 7. The van der Waals surface area contributed by atoms with Gasteiger partial charge in [0.05, 0.1) is 11.6 Å². The van der Waals surface area contributed by atoms with Crippen LogP contribution < -0.4 is 9.46 Å². The molecule has 2 aromatic carbocycles. The van der Waals surface area contributed by atoms with E-state index in [1.165, 1.54) is 12.1 Å². The normalized spacial score (nSPS) is 16.9. The first-order valence-corrected chi connectivity index (χ1v) is 12.1. The zero-order chi connectivity index (χ0) is 22.6. The zero-order valence-corrected chi connectivity index (χ0v) is 19.5. The van der Waals surface area contributed by atoms with Gasteiger partial charge in [-0.2, -0.15) is 0 Å². The molecule has 1 aliphatic heterocycles. The number of likely N-dealkylation sites (N-methyl/N-ethyl adjacent to an activating group) is 1. The summed E-state index contributed by atoms with van der Waals surface area (Å²) in [4.78, 5) is 16.8. The molecule has 7 nitrogen and oxygen atoms in total. The largest absolute Gasteiger partial charge is 0.494 e. The molecule has 1 heterocycles. The predicted molar refractivity (Wildman–Crippen MR) is 122 cm³/mol. The van der Waals surface area contributed by atoms with E-state index < -0.39 is 10.0 Å². The molecule has 3 rings (SSSR count). The summed E-state index contributed by atoms with van der Waals surface area (Å²) in [5.41, 5.74) is 0.678. The average molecular weight is 466 g/mol. The van der Waals surface area contributed by atoms with Crippen LogP contribution in [0.5, 0.6) is 5.75 Å². The minimum absolute atomic E-state index is 0.0554. The van der Waals surface area contributed by atoms with Crippen LogP contribution in [0.3, 0.4) is 0 Å². The lowest BCUT2D eigenvalue weighted by atomic mass is 10.0. The number of hydrogen-bond acceptors (Lipinski definition) is 5. The van der Waals surface area contributed by atoms with Crippen LogP contribution in [0.2, 0.25) is 5.02 Å². The second-order valence-electron chi connectivity index (χ2n) is 7.72. The standard InChI is InChI=1S/C22H28ClN3O4S/c1-4-30-19-10-8-17(9-11-19)24-31(28,29)21-14-16(7-12-20(21)23)22(27)26-13-5-6-18(15-26)25(2)3/h7-12,14,18,24H,4-6,13,15H2,1-3H3. The van der Waals surface area contributed by atoms with Gasteiger partial charge in [-0.3, -0.25) is 9.52 Å². The van der Waals surface area contributed by atoms with Gasteiger partial charge in [0.2, 0.25) is 0 Å². The number of carbonyl (C=O) groups excluding carboxylic acids is 1. The van der Waals surface area contributed by atoms with E-state index in [1.807, 2.05) is 21.0 Å². The van der Waals surface area contributed by atoms with Gasteiger partial charge in [-0.25, -0.2) is 8.42 Å². The number of piperidine rings is 1. The summed E-state index contributed by atoms with van der Waals surface area (Å²) in [6.07, 6.45) is 1.94. The lowest BCUT2D eigenvalue weighted by Gasteiger charge is -2.36. The van der Waals surface area contributed by atoms with E-state index in [2.05, 4.69) is 9.62 Å². The topological polar surface area (TPSA) is 78.9 Å². The molecule has 0 saturated carbocycles. The average Bonchev–Trinajstić information content (AvgIpc) is 2.75. The van der Waals surface area contributed by atoms with Crippen molar-refractivity contribution in [3.63, 3.8) is 0 Å². The summed E-state index contributed by atoms with van der Waals surface area (Å²) < 4.78 is 33.8. The van der Waals surface area contributed by atoms with E-state index in [9.17, 15) is 13.2 Å². The van der Waals surface area contributed by atoms with Gasteiger partial charge in [-0.15, -0.1) is 0 Å². The van der Waals surface area contributed by atoms with Crippen molar-refractivity contribution in [1.29, 1.82) is 0 Å². The molecule has 0 bridgehead atoms. The first-order chi connectivity index (χ1) is 14.7. The van der Waals surface area contributed by atoms with Crippen LogP contribution in [0, 0.1) is 0 Å². The Labute approximate surface area is 189 Å². The molecule has 1 unspecified atom stereocenters. The molecule has 1 atom stereocenters. The summed E-state index contributed by atoms with van der Waals surface area (Å²) in [5, 5.41) is 0.0554. The maximum Gasteiger partial charge on any atom is 0.263 e. The Morgan fingerprint density at radius 2 is 1.94 bits per heavy atom. The highest BCUT2D eigenvalue weighted by molar-refractivity contribution is 7.92. The van der Waals surface area contributed by atoms with Crippen LogP contribution in [0.15, 0.2) is 47.4 Å². The summed E-state index contributed by atoms with van der Waals surface area (Å²) in [6.45, 7) is 3.66. The number of anilines is 1. The Bertz CT molecular complexity index is 1030. The first kappa shape index (κ1) is 23.4. The number of likely N-dealkylation sites (tertiary alicyclic amines) is 1. The number of amides is 1. The van der Waals surface area contributed by atoms with Crippen LogP contribution in [0.25, 0.3) is 0 Å². The van der Waals surface area contributed by atoms with Gasteiger partial charge in [0.25, 0.3) is 15.9 Å². The molecule has 1 aliphatic rings. The first-order valence-electron chi connectivity index (χ1n) is 10.2. The summed E-state index contributed by atoms with van der Waals surface area (Å²) in [7, 11) is 0.0146. The van der Waals surface area contributed by atoms with Crippen molar-refractivity contribution in [3.05, 3.63) is 53.1 Å². The maximum atomic E-state index is 13.1. The Hall–Kier alpha value is -2.29. The Morgan fingerprint density at radius 3 is 2.58 bits per heavy atom. The smallest absolute Gasteiger partial charge is 0.263 e. The third-order valence-electron chi connectivity index (χ3n) is 5.30. The molecular formula is C22H28ClN3O4S. The Balaban J connectivity index is 1.81. The summed E-state index contributed by atoms with van der Waals surface area (Å²) in [5.74, 6) is 0.453. The second-order valence-corrected chi connectivity index (χ2v) is 9.78. The molecular weight excluding hydrogens is 438 g/mol. The Morgan fingerprint density at radius 1 is 1.23 bits per heavy atom. The number of ether oxygens (including phenoxy) is 1. The van der Waals surface area contributed by atoms with Gasteiger partial charge in [0, 0.05) is 30.4 Å². The summed E-state index contributed by atoms with van der Waals surface area (Å²) >= 11 is 6.20. The monoisotopic (exact) mass is 465 g/mol. The fourth-order valence-electron chi connectivity index (χ4n) is 3.58. The molecule has 1 saturated heterocycles. The quantitative estimate of drug-likeness (QED) is 0.674. The highest BCUT2D eigenvalue weighted by atomic mass is 35.5. The number of nitrogens with one attached hydrogen (secondary N) is 1. The molecule has 0 aromatic heterocycles. The molecule has 1 fully saturated rings. The van der Waals surface area contributed by atoms with E-state index in [0.29, 0.717) is 36.7 Å². The van der Waals surface area contributed by atoms with Gasteiger partial charge >= 0.3 is 0 Å². The lowest BCUT2D eigenvalue weighted by Crippen LogP contribution is -2.47. The molecule has 0 aliphatic carbocycles. The maximum absolute atomic E-state index is 13.1. The number of halogens is 1. The number of benzene rings is 2. The fraction of sp³-hybridized carbons (Fsp3) is 0.409. The second kappa shape index (κ2) is 9.89. The van der Waals surface area contributed by atoms with Crippen LogP contribution in [-0.2, 0) is 10.0 Å².